The van der Waals surface area contributed by atoms with E-state index in [-0.39, 0.29) is 5.78 Å². The maximum Gasteiger partial charge on any atom is 0.205 e. The molecule has 0 aliphatic heterocycles. The molecular formula is C9H12O. The Bertz CT molecular complexity index is 171. The van der Waals surface area contributed by atoms with Crippen LogP contribution >= 0.6 is 0 Å². The quantitative estimate of drug-likeness (QED) is 0.367. The summed E-state index contributed by atoms with van der Waals surface area (Å²) in [5, 5.41) is 0. The fourth-order valence-electron chi connectivity index (χ4n) is 1.08. The van der Waals surface area contributed by atoms with Crippen molar-refractivity contribution in [1.82, 2.24) is 0 Å². The molecule has 0 radical (unpaired) electrons. The first-order valence-corrected chi connectivity index (χ1v) is 3.91. The molecule has 10 heavy (non-hydrogen) atoms. The molecule has 0 unspecified atom stereocenters. The van der Waals surface area contributed by atoms with Gasteiger partial charge in [0.1, 0.15) is 0 Å². The summed E-state index contributed by atoms with van der Waals surface area (Å²) in [7, 11) is 0. The second kappa shape index (κ2) is 4.11. The molecule has 0 saturated heterocycles. The van der Waals surface area contributed by atoms with E-state index >= 15 is 0 Å². The maximum atomic E-state index is 10.8. The predicted molar refractivity (Wildman–Crippen MR) is 40.5 cm³/mol. The van der Waals surface area contributed by atoms with Gasteiger partial charge in [0.25, 0.3) is 0 Å². The minimum Gasteiger partial charge on any atom is -0.285 e. The molecular weight excluding hydrogens is 124 g/mol. The smallest absolute Gasteiger partial charge is 0.205 e. The van der Waals surface area contributed by atoms with Gasteiger partial charge in [-0.05, 0) is 18.8 Å². The van der Waals surface area contributed by atoms with Crippen molar-refractivity contribution in [3.63, 3.8) is 0 Å². The van der Waals surface area contributed by atoms with Crippen LogP contribution in [0.5, 0.6) is 0 Å². The molecule has 0 aromatic carbocycles. The minimum absolute atomic E-state index is 0.127. The van der Waals surface area contributed by atoms with Crippen molar-refractivity contribution in [2.24, 2.45) is 0 Å². The highest BCUT2D eigenvalue weighted by atomic mass is 16.1. The van der Waals surface area contributed by atoms with Gasteiger partial charge in [-0.3, -0.25) is 4.79 Å². The van der Waals surface area contributed by atoms with Crippen molar-refractivity contribution in [3.05, 3.63) is 0 Å². The van der Waals surface area contributed by atoms with E-state index in [0.29, 0.717) is 6.42 Å². The average molecular weight is 136 g/mol. The van der Waals surface area contributed by atoms with Gasteiger partial charge in [0.05, 0.1) is 0 Å². The topological polar surface area (TPSA) is 17.1 Å². The largest absolute Gasteiger partial charge is 0.285 e. The van der Waals surface area contributed by atoms with Gasteiger partial charge in [0, 0.05) is 12.8 Å². The second-order valence-corrected chi connectivity index (χ2v) is 2.64. The highest BCUT2D eigenvalue weighted by molar-refractivity contribution is 5.95. The molecule has 1 rings (SSSR count). The van der Waals surface area contributed by atoms with E-state index < -0.39 is 0 Å². The number of rotatable bonds is 0. The number of carbonyl (C=O) groups excluding carboxylic acids is 1. The molecule has 54 valence electrons. The summed E-state index contributed by atoms with van der Waals surface area (Å²) >= 11 is 0. The SMILES string of the molecule is O=C1C#CCCCCCC1. The number of ketones is 1. The molecule has 0 saturated carbocycles. The Hall–Kier alpha value is -0.770. The molecule has 0 bridgehead atoms. The van der Waals surface area contributed by atoms with Crippen LogP contribution in [0, 0.1) is 11.8 Å². The Kier molecular flexibility index (Phi) is 3.02. The zero-order valence-corrected chi connectivity index (χ0v) is 6.15. The van der Waals surface area contributed by atoms with E-state index in [1.165, 1.54) is 19.3 Å². The molecule has 0 amide bonds. The first-order chi connectivity index (χ1) is 4.89. The van der Waals surface area contributed by atoms with Crippen molar-refractivity contribution in [1.29, 1.82) is 0 Å². The third-order valence-corrected chi connectivity index (χ3v) is 1.68. The Morgan fingerprint density at radius 1 is 1.10 bits per heavy atom. The summed E-state index contributed by atoms with van der Waals surface area (Å²) < 4.78 is 0. The van der Waals surface area contributed by atoms with Crippen LogP contribution in [0.15, 0.2) is 0 Å². The van der Waals surface area contributed by atoms with Crippen LogP contribution in [0.25, 0.3) is 0 Å². The van der Waals surface area contributed by atoms with Crippen molar-refractivity contribution < 1.29 is 4.79 Å². The Morgan fingerprint density at radius 2 is 1.90 bits per heavy atom. The summed E-state index contributed by atoms with van der Waals surface area (Å²) in [4.78, 5) is 10.8. The van der Waals surface area contributed by atoms with E-state index in [2.05, 4.69) is 11.8 Å². The van der Waals surface area contributed by atoms with Gasteiger partial charge in [0.2, 0.25) is 5.78 Å². The third kappa shape index (κ3) is 2.68. The first kappa shape index (κ1) is 7.34. The summed E-state index contributed by atoms with van der Waals surface area (Å²) in [5.41, 5.74) is 0. The molecule has 1 aliphatic rings. The number of hydrogen-bond donors (Lipinski definition) is 0. The van der Waals surface area contributed by atoms with Crippen molar-refractivity contribution in [2.45, 2.75) is 38.5 Å². The normalized spacial score (nSPS) is 19.8. The van der Waals surface area contributed by atoms with E-state index in [4.69, 9.17) is 0 Å². The average Bonchev–Trinajstić information content (AvgIpc) is 2.02. The molecule has 0 aromatic rings. The maximum absolute atomic E-state index is 10.8. The van der Waals surface area contributed by atoms with Crippen LogP contribution in [-0.2, 0) is 4.79 Å². The van der Waals surface area contributed by atoms with Gasteiger partial charge < -0.3 is 0 Å². The lowest BCUT2D eigenvalue weighted by Gasteiger charge is -1.93. The summed E-state index contributed by atoms with van der Waals surface area (Å²) in [6.07, 6.45) is 6.21. The number of carbonyl (C=O) groups is 1. The van der Waals surface area contributed by atoms with Crippen molar-refractivity contribution in [2.75, 3.05) is 0 Å². The first-order valence-electron chi connectivity index (χ1n) is 3.91. The second-order valence-electron chi connectivity index (χ2n) is 2.64. The summed E-state index contributed by atoms with van der Waals surface area (Å²) in [5.74, 6) is 5.64. The molecule has 1 nitrogen and oxygen atoms in total. The van der Waals surface area contributed by atoms with Gasteiger partial charge >= 0.3 is 0 Å². The highest BCUT2D eigenvalue weighted by Gasteiger charge is 1.98. The standard InChI is InChI=1S/C9H12O/c10-9-7-5-3-1-2-4-6-8-9/h1-5,7H2. The van der Waals surface area contributed by atoms with Crippen LogP contribution in [-0.4, -0.2) is 5.78 Å². The molecule has 0 spiro atoms. The Labute approximate surface area is 61.8 Å². The number of hydrogen-bond acceptors (Lipinski definition) is 1. The van der Waals surface area contributed by atoms with Gasteiger partial charge in [-0.1, -0.05) is 18.8 Å². The Morgan fingerprint density at radius 3 is 2.80 bits per heavy atom. The van der Waals surface area contributed by atoms with Crippen molar-refractivity contribution >= 4 is 5.78 Å². The fraction of sp³-hybridized carbons (Fsp3) is 0.667. The lowest BCUT2D eigenvalue weighted by molar-refractivity contribution is -0.113. The summed E-state index contributed by atoms with van der Waals surface area (Å²) in [6.45, 7) is 0. The molecule has 1 aliphatic carbocycles. The van der Waals surface area contributed by atoms with Gasteiger partial charge in [-0.2, -0.15) is 0 Å². The fourth-order valence-corrected chi connectivity index (χ4v) is 1.08. The molecule has 0 fully saturated rings. The van der Waals surface area contributed by atoms with Gasteiger partial charge in [0.15, 0.2) is 0 Å². The van der Waals surface area contributed by atoms with E-state index in [0.717, 1.165) is 12.8 Å². The van der Waals surface area contributed by atoms with Crippen molar-refractivity contribution in [3.8, 4) is 11.8 Å². The van der Waals surface area contributed by atoms with Gasteiger partial charge in [-0.25, -0.2) is 0 Å². The van der Waals surface area contributed by atoms with E-state index in [1.54, 1.807) is 0 Å². The zero-order valence-electron chi connectivity index (χ0n) is 6.15. The zero-order chi connectivity index (χ0) is 7.23. The predicted octanol–water partition coefficient (Wildman–Crippen LogP) is 1.91. The minimum atomic E-state index is 0.127. The Balaban J connectivity index is 2.40. The number of Topliss-reactive ketones (excluding diaryl/α,β-unsaturated/α-hetero) is 1. The lowest BCUT2D eigenvalue weighted by atomic mass is 10.1. The van der Waals surface area contributed by atoms with Crippen LogP contribution in [0.3, 0.4) is 0 Å². The van der Waals surface area contributed by atoms with Crippen LogP contribution in [0.1, 0.15) is 38.5 Å². The molecule has 0 N–H and O–H groups in total. The lowest BCUT2D eigenvalue weighted by Crippen LogP contribution is -1.91. The third-order valence-electron chi connectivity index (χ3n) is 1.68. The van der Waals surface area contributed by atoms with E-state index in [9.17, 15) is 4.79 Å². The molecule has 0 aromatic heterocycles. The molecule has 0 heterocycles. The summed E-state index contributed by atoms with van der Waals surface area (Å²) in [6, 6.07) is 0. The van der Waals surface area contributed by atoms with Crippen LogP contribution in [0.2, 0.25) is 0 Å². The van der Waals surface area contributed by atoms with E-state index in [1.807, 2.05) is 0 Å². The van der Waals surface area contributed by atoms with Crippen LogP contribution < -0.4 is 0 Å². The molecule has 0 atom stereocenters. The monoisotopic (exact) mass is 136 g/mol. The highest BCUT2D eigenvalue weighted by Crippen LogP contribution is 2.06. The van der Waals surface area contributed by atoms with Gasteiger partial charge in [-0.15, -0.1) is 0 Å². The molecule has 1 heteroatoms. The van der Waals surface area contributed by atoms with Crippen LogP contribution in [0.4, 0.5) is 0 Å².